The van der Waals surface area contributed by atoms with Gasteiger partial charge in [-0.05, 0) is 38.3 Å². The number of fused-ring (bicyclic) bond motifs is 1. The molecule has 0 aromatic carbocycles. The number of aromatic nitrogens is 1. The number of hydrogen-bond acceptors (Lipinski definition) is 5. The van der Waals surface area contributed by atoms with E-state index < -0.39 is 5.54 Å². The number of carbonyl (C=O) groups excluding carboxylic acids is 1. The second-order valence-corrected chi connectivity index (χ2v) is 6.50. The van der Waals surface area contributed by atoms with Crippen molar-refractivity contribution in [1.82, 2.24) is 10.3 Å². The van der Waals surface area contributed by atoms with Crippen molar-refractivity contribution in [3.05, 3.63) is 22.2 Å². The summed E-state index contributed by atoms with van der Waals surface area (Å²) in [5.74, 6) is -0.214. The normalized spacial score (nSPS) is 16.4. The van der Waals surface area contributed by atoms with Gasteiger partial charge in [0, 0.05) is 11.1 Å². The van der Waals surface area contributed by atoms with Gasteiger partial charge in [-0.3, -0.25) is 4.79 Å². The highest BCUT2D eigenvalue weighted by atomic mass is 32.1. The monoisotopic (exact) mass is 291 g/mol. The van der Waals surface area contributed by atoms with Crippen LogP contribution in [0, 0.1) is 13.8 Å². The first kappa shape index (κ1) is 13.3. The molecule has 20 heavy (non-hydrogen) atoms. The standard InChI is InChI=1S/C14H17N3O2S/c1-7-5-8(2)16-13-9(7)10(15)11(20-13)12(19)17-14(6-18)3-4-14/h5,18H,3-4,6,15H2,1-2H3,(H,17,19). The van der Waals surface area contributed by atoms with Gasteiger partial charge in [-0.2, -0.15) is 0 Å². The molecule has 4 N–H and O–H groups in total. The number of aliphatic hydroxyl groups excluding tert-OH is 1. The third kappa shape index (κ3) is 2.05. The molecule has 3 rings (SSSR count). The van der Waals surface area contributed by atoms with Gasteiger partial charge in [-0.15, -0.1) is 11.3 Å². The van der Waals surface area contributed by atoms with E-state index in [2.05, 4.69) is 10.3 Å². The van der Waals surface area contributed by atoms with E-state index in [4.69, 9.17) is 5.73 Å². The number of anilines is 1. The largest absolute Gasteiger partial charge is 0.397 e. The van der Waals surface area contributed by atoms with Crippen molar-refractivity contribution in [3.8, 4) is 0 Å². The zero-order chi connectivity index (χ0) is 14.5. The van der Waals surface area contributed by atoms with Crippen LogP contribution in [0.25, 0.3) is 10.2 Å². The Labute approximate surface area is 120 Å². The van der Waals surface area contributed by atoms with Crippen molar-refractivity contribution in [2.24, 2.45) is 0 Å². The van der Waals surface area contributed by atoms with Crippen LogP contribution in [0.5, 0.6) is 0 Å². The summed E-state index contributed by atoms with van der Waals surface area (Å²) in [5, 5.41) is 13.0. The molecule has 106 valence electrons. The quantitative estimate of drug-likeness (QED) is 0.804. The molecule has 0 atom stereocenters. The lowest BCUT2D eigenvalue weighted by Gasteiger charge is -2.13. The maximum Gasteiger partial charge on any atom is 0.264 e. The lowest BCUT2D eigenvalue weighted by Crippen LogP contribution is -2.39. The molecule has 5 nitrogen and oxygen atoms in total. The summed E-state index contributed by atoms with van der Waals surface area (Å²) in [6.45, 7) is 3.87. The molecule has 0 spiro atoms. The van der Waals surface area contributed by atoms with Gasteiger partial charge in [0.25, 0.3) is 5.91 Å². The summed E-state index contributed by atoms with van der Waals surface area (Å²) in [7, 11) is 0. The summed E-state index contributed by atoms with van der Waals surface area (Å²) in [6, 6.07) is 1.96. The van der Waals surface area contributed by atoms with Crippen LogP contribution in [0.2, 0.25) is 0 Å². The SMILES string of the molecule is Cc1cc(C)c2c(N)c(C(=O)NC3(CO)CC3)sc2n1. The van der Waals surface area contributed by atoms with Crippen molar-refractivity contribution in [2.45, 2.75) is 32.2 Å². The van der Waals surface area contributed by atoms with Gasteiger partial charge in [-0.25, -0.2) is 4.98 Å². The van der Waals surface area contributed by atoms with Crippen LogP contribution in [0.3, 0.4) is 0 Å². The van der Waals surface area contributed by atoms with Gasteiger partial charge in [0.1, 0.15) is 9.71 Å². The lowest BCUT2D eigenvalue weighted by molar-refractivity contribution is 0.0912. The molecule has 6 heteroatoms. The number of nitrogens with two attached hydrogens (primary N) is 1. The average Bonchev–Trinajstić information content (AvgIpc) is 3.07. The topological polar surface area (TPSA) is 88.2 Å². The second kappa shape index (κ2) is 4.43. The van der Waals surface area contributed by atoms with Crippen molar-refractivity contribution in [1.29, 1.82) is 0 Å². The highest BCUT2D eigenvalue weighted by molar-refractivity contribution is 7.21. The number of thiophene rings is 1. The lowest BCUT2D eigenvalue weighted by atomic mass is 10.1. The second-order valence-electron chi connectivity index (χ2n) is 5.50. The fourth-order valence-corrected chi connectivity index (χ4v) is 3.52. The molecule has 0 aliphatic heterocycles. The summed E-state index contributed by atoms with van der Waals surface area (Å²) in [5.41, 5.74) is 8.12. The molecule has 0 bridgehead atoms. The van der Waals surface area contributed by atoms with Crippen molar-refractivity contribution in [3.63, 3.8) is 0 Å². The molecule has 1 aliphatic carbocycles. The Hall–Kier alpha value is -1.66. The van der Waals surface area contributed by atoms with Gasteiger partial charge >= 0.3 is 0 Å². The summed E-state index contributed by atoms with van der Waals surface area (Å²) < 4.78 is 0. The number of aryl methyl sites for hydroxylation is 2. The Kier molecular flexibility index (Phi) is 2.95. The highest BCUT2D eigenvalue weighted by Crippen LogP contribution is 2.38. The maximum absolute atomic E-state index is 12.3. The molecule has 1 saturated carbocycles. The van der Waals surface area contributed by atoms with Crippen LogP contribution in [0.1, 0.15) is 33.8 Å². The predicted molar refractivity (Wildman–Crippen MR) is 80.0 cm³/mol. The number of rotatable bonds is 3. The Morgan fingerprint density at radius 2 is 2.25 bits per heavy atom. The molecule has 0 radical (unpaired) electrons. The van der Waals surface area contributed by atoms with E-state index in [9.17, 15) is 9.90 Å². The minimum atomic E-state index is -0.432. The summed E-state index contributed by atoms with van der Waals surface area (Å²) in [6.07, 6.45) is 1.63. The first-order valence-corrected chi connectivity index (χ1v) is 7.37. The Bertz CT molecular complexity index is 704. The fraction of sp³-hybridized carbons (Fsp3) is 0.429. The van der Waals surface area contributed by atoms with Gasteiger partial charge in [-0.1, -0.05) is 0 Å². The zero-order valence-corrected chi connectivity index (χ0v) is 12.3. The minimum Gasteiger partial charge on any atom is -0.397 e. The van der Waals surface area contributed by atoms with E-state index in [-0.39, 0.29) is 12.5 Å². The van der Waals surface area contributed by atoms with Crippen LogP contribution in [0.4, 0.5) is 5.69 Å². The van der Waals surface area contributed by atoms with Crippen LogP contribution >= 0.6 is 11.3 Å². The fourth-order valence-electron chi connectivity index (χ4n) is 2.41. The van der Waals surface area contributed by atoms with E-state index in [0.717, 1.165) is 34.3 Å². The molecule has 2 heterocycles. The molecular weight excluding hydrogens is 274 g/mol. The highest BCUT2D eigenvalue weighted by Gasteiger charge is 2.44. The van der Waals surface area contributed by atoms with E-state index in [1.807, 2.05) is 19.9 Å². The molecule has 1 aliphatic rings. The van der Waals surface area contributed by atoms with Crippen molar-refractivity contribution < 1.29 is 9.90 Å². The number of amides is 1. The van der Waals surface area contributed by atoms with Gasteiger partial charge in [0.2, 0.25) is 0 Å². The first-order chi connectivity index (χ1) is 9.46. The molecular formula is C14H17N3O2S. The zero-order valence-electron chi connectivity index (χ0n) is 11.5. The first-order valence-electron chi connectivity index (χ1n) is 6.55. The van der Waals surface area contributed by atoms with E-state index >= 15 is 0 Å². The van der Waals surface area contributed by atoms with Gasteiger partial charge < -0.3 is 16.2 Å². The summed E-state index contributed by atoms with van der Waals surface area (Å²) in [4.78, 5) is 18.0. The molecule has 1 amide bonds. The Morgan fingerprint density at radius 3 is 2.85 bits per heavy atom. The third-order valence-corrected chi connectivity index (χ3v) is 4.86. The molecule has 2 aromatic rings. The van der Waals surface area contributed by atoms with Gasteiger partial charge in [0.15, 0.2) is 0 Å². The number of nitrogens with one attached hydrogen (secondary N) is 1. The van der Waals surface area contributed by atoms with Crippen LogP contribution in [-0.2, 0) is 0 Å². The number of nitrogen functional groups attached to an aromatic ring is 1. The molecule has 2 aromatic heterocycles. The number of aliphatic hydroxyl groups is 1. The van der Waals surface area contributed by atoms with Crippen LogP contribution < -0.4 is 11.1 Å². The third-order valence-electron chi connectivity index (χ3n) is 3.77. The maximum atomic E-state index is 12.3. The Balaban J connectivity index is 2.02. The minimum absolute atomic E-state index is 0.0279. The van der Waals surface area contributed by atoms with E-state index in [0.29, 0.717) is 10.6 Å². The van der Waals surface area contributed by atoms with Crippen molar-refractivity contribution in [2.75, 3.05) is 12.3 Å². The van der Waals surface area contributed by atoms with E-state index in [1.54, 1.807) is 0 Å². The van der Waals surface area contributed by atoms with Crippen LogP contribution in [-0.4, -0.2) is 28.1 Å². The average molecular weight is 291 g/mol. The number of nitrogens with zero attached hydrogens (tertiary/aromatic N) is 1. The molecule has 0 saturated heterocycles. The number of carbonyl (C=O) groups is 1. The van der Waals surface area contributed by atoms with Crippen molar-refractivity contribution >= 4 is 33.1 Å². The number of hydrogen-bond donors (Lipinski definition) is 3. The summed E-state index contributed by atoms with van der Waals surface area (Å²) >= 11 is 1.31. The van der Waals surface area contributed by atoms with Crippen LogP contribution in [0.15, 0.2) is 6.07 Å². The Morgan fingerprint density at radius 1 is 1.55 bits per heavy atom. The van der Waals surface area contributed by atoms with E-state index in [1.165, 1.54) is 11.3 Å². The molecule has 0 unspecified atom stereocenters. The van der Waals surface area contributed by atoms with Gasteiger partial charge in [0.05, 0.1) is 17.8 Å². The predicted octanol–water partition coefficient (Wildman–Crippen LogP) is 1.75. The smallest absolute Gasteiger partial charge is 0.264 e. The number of pyridine rings is 1. The molecule has 1 fully saturated rings.